The average molecular weight is 311 g/mol. The Bertz CT molecular complexity index is 635. The van der Waals surface area contributed by atoms with Gasteiger partial charge in [0.15, 0.2) is 5.65 Å². The highest BCUT2D eigenvalue weighted by Crippen LogP contribution is 2.27. The van der Waals surface area contributed by atoms with Crippen molar-refractivity contribution in [3.8, 4) is 0 Å². The van der Waals surface area contributed by atoms with Crippen LogP contribution in [0.3, 0.4) is 0 Å². The van der Waals surface area contributed by atoms with Gasteiger partial charge < -0.3 is 9.91 Å². The summed E-state index contributed by atoms with van der Waals surface area (Å²) in [6.45, 7) is 8.15. The fourth-order valence-electron chi connectivity index (χ4n) is 2.95. The van der Waals surface area contributed by atoms with E-state index in [1.54, 1.807) is 0 Å². The van der Waals surface area contributed by atoms with Crippen molar-refractivity contribution in [3.05, 3.63) is 11.5 Å². The first-order valence-electron chi connectivity index (χ1n) is 7.55. The Morgan fingerprint density at radius 1 is 1.19 bits per heavy atom. The summed E-state index contributed by atoms with van der Waals surface area (Å²) in [7, 11) is 4.14. The molecule has 21 heavy (non-hydrogen) atoms. The van der Waals surface area contributed by atoms with Gasteiger partial charge in [0, 0.05) is 33.2 Å². The molecule has 2 aromatic rings. The summed E-state index contributed by atoms with van der Waals surface area (Å²) in [4.78, 5) is 7.13. The number of rotatable bonds is 3. The maximum Gasteiger partial charge on any atom is 0.177 e. The molecule has 1 aliphatic heterocycles. The predicted octanol–water partition coefficient (Wildman–Crippen LogP) is 1.52. The highest BCUT2D eigenvalue weighted by molar-refractivity contribution is 6.20. The van der Waals surface area contributed by atoms with E-state index in [1.165, 1.54) is 0 Å². The zero-order valence-electron chi connectivity index (χ0n) is 13.2. The second kappa shape index (κ2) is 5.50. The molecule has 1 unspecified atom stereocenters. The normalized spacial score (nSPS) is 18.6. The number of aryl methyl sites for hydroxylation is 2. The van der Waals surface area contributed by atoms with Crippen LogP contribution in [0.5, 0.6) is 0 Å². The maximum atomic E-state index is 6.38. The molecule has 1 aliphatic rings. The minimum absolute atomic E-state index is 0.123. The van der Waals surface area contributed by atoms with Crippen LogP contribution in [0.25, 0.3) is 11.2 Å². The molecule has 0 N–H and O–H groups in total. The minimum atomic E-state index is -0.123. The molecule has 1 saturated heterocycles. The van der Waals surface area contributed by atoms with Gasteiger partial charge in [0.1, 0.15) is 11.3 Å². The molecule has 1 atom stereocenters. The lowest BCUT2D eigenvalue weighted by atomic mass is 10.3. The van der Waals surface area contributed by atoms with Crippen molar-refractivity contribution >= 4 is 22.8 Å². The van der Waals surface area contributed by atoms with E-state index in [2.05, 4.69) is 33.7 Å². The van der Waals surface area contributed by atoms with Gasteiger partial charge in [0.05, 0.1) is 11.1 Å². The number of hydrogen-bond donors (Lipinski definition) is 0. The van der Waals surface area contributed by atoms with Crippen LogP contribution >= 0.6 is 11.6 Å². The van der Waals surface area contributed by atoms with E-state index in [0.29, 0.717) is 0 Å². The molecule has 0 saturated carbocycles. The first-order chi connectivity index (χ1) is 10.0. The average Bonchev–Trinajstić information content (AvgIpc) is 2.98. The van der Waals surface area contributed by atoms with Crippen molar-refractivity contribution in [1.82, 2.24) is 24.3 Å². The number of likely N-dealkylation sites (N-methyl/N-ethyl adjacent to an activating group) is 1. The summed E-state index contributed by atoms with van der Waals surface area (Å²) in [5, 5.41) is 6.81. The molecule has 6 nitrogen and oxygen atoms in total. The Morgan fingerprint density at radius 3 is 2.43 bits per heavy atom. The second-order valence-electron chi connectivity index (χ2n) is 5.75. The smallest absolute Gasteiger partial charge is 0.177 e. The number of nitrogens with zero attached hydrogens (tertiary/aromatic N) is 6. The van der Waals surface area contributed by atoms with Crippen LogP contribution in [0.1, 0.15) is 30.7 Å². The Hall–Kier alpha value is -1.27. The standard InChI is InChI=1S/C14H23ClN6/c1-5-11-12-14(19(4)17-11)21(13(16-12)10(2)15)20-8-6-18(3)7-9-20/h10H,5-9H2,1-4H3. The lowest BCUT2D eigenvalue weighted by Gasteiger charge is -2.35. The molecule has 1 fully saturated rings. The number of aromatic nitrogens is 4. The van der Waals surface area contributed by atoms with Crippen molar-refractivity contribution in [3.63, 3.8) is 0 Å². The van der Waals surface area contributed by atoms with Gasteiger partial charge in [-0.05, 0) is 20.4 Å². The van der Waals surface area contributed by atoms with Crippen LogP contribution in [0.15, 0.2) is 0 Å². The van der Waals surface area contributed by atoms with E-state index in [4.69, 9.17) is 16.6 Å². The number of piperazine rings is 1. The number of fused-ring (bicyclic) bond motifs is 1. The second-order valence-corrected chi connectivity index (χ2v) is 6.41. The summed E-state index contributed by atoms with van der Waals surface area (Å²) in [6.07, 6.45) is 0.882. The third-order valence-electron chi connectivity index (χ3n) is 4.16. The number of imidazole rings is 1. The SMILES string of the molecule is CCc1nn(C)c2c1nc(C(C)Cl)n2N1CCN(C)CC1. The topological polar surface area (TPSA) is 42.1 Å². The number of hydrogen-bond acceptors (Lipinski definition) is 4. The lowest BCUT2D eigenvalue weighted by Crippen LogP contribution is -2.50. The minimum Gasteiger partial charge on any atom is -0.307 e. The summed E-state index contributed by atoms with van der Waals surface area (Å²) in [6, 6.07) is 0. The van der Waals surface area contributed by atoms with Crippen molar-refractivity contribution in [2.45, 2.75) is 25.6 Å². The van der Waals surface area contributed by atoms with Gasteiger partial charge in [-0.3, -0.25) is 0 Å². The largest absolute Gasteiger partial charge is 0.307 e. The van der Waals surface area contributed by atoms with Gasteiger partial charge in [0.25, 0.3) is 0 Å². The summed E-state index contributed by atoms with van der Waals surface area (Å²) >= 11 is 6.38. The molecular weight excluding hydrogens is 288 g/mol. The van der Waals surface area contributed by atoms with E-state index in [9.17, 15) is 0 Å². The molecular formula is C14H23ClN6. The first kappa shape index (κ1) is 14.7. The van der Waals surface area contributed by atoms with Crippen LogP contribution in [0.4, 0.5) is 0 Å². The fraction of sp³-hybridized carbons (Fsp3) is 0.714. The molecule has 0 aliphatic carbocycles. The molecule has 0 bridgehead atoms. The zero-order valence-corrected chi connectivity index (χ0v) is 13.9. The summed E-state index contributed by atoms with van der Waals surface area (Å²) in [5.74, 6) is 0.916. The van der Waals surface area contributed by atoms with Gasteiger partial charge >= 0.3 is 0 Å². The van der Waals surface area contributed by atoms with E-state index >= 15 is 0 Å². The highest BCUT2D eigenvalue weighted by Gasteiger charge is 2.26. The first-order valence-corrected chi connectivity index (χ1v) is 7.98. The van der Waals surface area contributed by atoms with Gasteiger partial charge in [-0.25, -0.2) is 14.3 Å². The van der Waals surface area contributed by atoms with Gasteiger partial charge in [-0.2, -0.15) is 5.10 Å². The van der Waals surface area contributed by atoms with Crippen molar-refractivity contribution in [2.75, 3.05) is 38.2 Å². The Kier molecular flexibility index (Phi) is 3.84. The van der Waals surface area contributed by atoms with Crippen molar-refractivity contribution < 1.29 is 0 Å². The van der Waals surface area contributed by atoms with Crippen molar-refractivity contribution in [2.24, 2.45) is 7.05 Å². The summed E-state index contributed by atoms with van der Waals surface area (Å²) in [5.41, 5.74) is 3.08. The van der Waals surface area contributed by atoms with E-state index in [-0.39, 0.29) is 5.38 Å². The Balaban J connectivity index is 2.14. The van der Waals surface area contributed by atoms with Crippen LogP contribution < -0.4 is 5.01 Å². The maximum absolute atomic E-state index is 6.38. The molecule has 2 aromatic heterocycles. The molecule has 7 heteroatoms. The number of alkyl halides is 1. The van der Waals surface area contributed by atoms with E-state index in [1.807, 2.05) is 18.7 Å². The predicted molar refractivity (Wildman–Crippen MR) is 85.6 cm³/mol. The van der Waals surface area contributed by atoms with Gasteiger partial charge in [-0.1, -0.05) is 6.92 Å². The third kappa shape index (κ3) is 2.40. The van der Waals surface area contributed by atoms with Crippen LogP contribution in [-0.2, 0) is 13.5 Å². The van der Waals surface area contributed by atoms with E-state index in [0.717, 1.165) is 55.3 Å². The Labute approximate surface area is 130 Å². The molecule has 0 radical (unpaired) electrons. The van der Waals surface area contributed by atoms with Crippen LogP contribution in [0, 0.1) is 0 Å². The summed E-state index contributed by atoms with van der Waals surface area (Å²) < 4.78 is 4.12. The fourth-order valence-corrected chi connectivity index (χ4v) is 3.09. The molecule has 0 spiro atoms. The molecule has 116 valence electrons. The highest BCUT2D eigenvalue weighted by atomic mass is 35.5. The van der Waals surface area contributed by atoms with Crippen molar-refractivity contribution in [1.29, 1.82) is 0 Å². The quantitative estimate of drug-likeness (QED) is 0.806. The van der Waals surface area contributed by atoms with Crippen LogP contribution in [0.2, 0.25) is 0 Å². The molecule has 0 aromatic carbocycles. The molecule has 0 amide bonds. The van der Waals surface area contributed by atoms with Gasteiger partial charge in [-0.15, -0.1) is 11.6 Å². The zero-order chi connectivity index (χ0) is 15.1. The molecule has 3 rings (SSSR count). The monoisotopic (exact) mass is 310 g/mol. The third-order valence-corrected chi connectivity index (χ3v) is 4.35. The lowest BCUT2D eigenvalue weighted by molar-refractivity contribution is 0.286. The molecule has 3 heterocycles. The van der Waals surface area contributed by atoms with Gasteiger partial charge in [0.2, 0.25) is 0 Å². The van der Waals surface area contributed by atoms with Crippen LogP contribution in [-0.4, -0.2) is 57.6 Å². The van der Waals surface area contributed by atoms with E-state index < -0.39 is 0 Å². The Morgan fingerprint density at radius 2 is 1.86 bits per heavy atom. The number of halogens is 1.